The van der Waals surface area contributed by atoms with Crippen molar-refractivity contribution in [2.45, 2.75) is 6.18 Å². The molecule has 5 rings (SSSR count). The van der Waals surface area contributed by atoms with E-state index in [0.29, 0.717) is 0 Å². The van der Waals surface area contributed by atoms with Crippen molar-refractivity contribution >= 4 is 10.8 Å². The number of hydrogen-bond donors (Lipinski definition) is 0. The summed E-state index contributed by atoms with van der Waals surface area (Å²) in [5.74, 6) is -1.37. The van der Waals surface area contributed by atoms with Crippen molar-refractivity contribution in [2.75, 3.05) is 0 Å². The van der Waals surface area contributed by atoms with E-state index in [1.165, 1.54) is 23.0 Å². The molecule has 9 heteroatoms. The zero-order chi connectivity index (χ0) is 21.7. The molecule has 1 radical (unpaired) electrons. The first kappa shape index (κ1) is 23.2. The molecule has 5 aromatic rings. The molecule has 0 atom stereocenters. The molecule has 163 valence electrons. The summed E-state index contributed by atoms with van der Waals surface area (Å²) in [5, 5.41) is 8.63. The van der Waals surface area contributed by atoms with E-state index < -0.39 is 12.0 Å². The predicted molar refractivity (Wildman–Crippen MR) is 110 cm³/mol. The second-order valence-corrected chi connectivity index (χ2v) is 6.33. The van der Waals surface area contributed by atoms with E-state index in [1.54, 1.807) is 12.1 Å². The van der Waals surface area contributed by atoms with Crippen LogP contribution in [0.3, 0.4) is 0 Å². The molecular formula is C23H14F3IrN5-2. The van der Waals surface area contributed by atoms with Crippen LogP contribution in [0.2, 0.25) is 0 Å². The Hall–Kier alpha value is -3.42. The first-order valence-electron chi connectivity index (χ1n) is 9.19. The second kappa shape index (κ2) is 10.3. The maximum absolute atomic E-state index is 12.1. The van der Waals surface area contributed by atoms with E-state index in [4.69, 9.17) is 0 Å². The molecule has 0 aliphatic heterocycles. The summed E-state index contributed by atoms with van der Waals surface area (Å²) in [4.78, 5) is 11.5. The first-order chi connectivity index (χ1) is 15.0. The molecule has 0 saturated heterocycles. The number of alkyl halides is 3. The Morgan fingerprint density at radius 1 is 0.812 bits per heavy atom. The molecule has 0 N–H and O–H groups in total. The third-order valence-electron chi connectivity index (χ3n) is 4.24. The van der Waals surface area contributed by atoms with Crippen LogP contribution in [0.1, 0.15) is 5.82 Å². The van der Waals surface area contributed by atoms with Crippen LogP contribution in [0.25, 0.3) is 33.5 Å². The average Bonchev–Trinajstić information content (AvgIpc) is 3.32. The number of pyridine rings is 2. The summed E-state index contributed by atoms with van der Waals surface area (Å²) >= 11 is 0. The Balaban J connectivity index is 0.000000176. The Morgan fingerprint density at radius 3 is 2.28 bits per heavy atom. The minimum atomic E-state index is -4.57. The molecule has 0 spiro atoms. The molecule has 3 heterocycles. The number of fused-ring (bicyclic) bond motifs is 1. The average molecular weight is 610 g/mol. The van der Waals surface area contributed by atoms with Gasteiger partial charge in [0, 0.05) is 32.5 Å². The molecule has 32 heavy (non-hydrogen) atoms. The summed E-state index contributed by atoms with van der Waals surface area (Å²) in [7, 11) is 0. The largest absolute Gasteiger partial charge is 0.429 e. The number of benzene rings is 2. The van der Waals surface area contributed by atoms with Crippen molar-refractivity contribution in [1.82, 2.24) is 25.1 Å². The van der Waals surface area contributed by atoms with Crippen molar-refractivity contribution in [1.29, 1.82) is 0 Å². The van der Waals surface area contributed by atoms with Crippen molar-refractivity contribution in [3.05, 3.63) is 97.1 Å². The maximum Gasteiger partial charge on any atom is 0.429 e. The van der Waals surface area contributed by atoms with Crippen LogP contribution in [0, 0.1) is 6.07 Å². The fraction of sp³-hybridized carbons (Fsp3) is 0.0435. The van der Waals surface area contributed by atoms with Gasteiger partial charge in [-0.2, -0.15) is 13.2 Å². The van der Waals surface area contributed by atoms with Crippen LogP contribution in [-0.4, -0.2) is 20.1 Å². The van der Waals surface area contributed by atoms with E-state index in [9.17, 15) is 13.2 Å². The zero-order valence-electron chi connectivity index (χ0n) is 16.3. The van der Waals surface area contributed by atoms with Crippen LogP contribution >= 0.6 is 0 Å². The second-order valence-electron chi connectivity index (χ2n) is 6.33. The Labute approximate surface area is 195 Å². The van der Waals surface area contributed by atoms with E-state index in [2.05, 4.69) is 43.3 Å². The van der Waals surface area contributed by atoms with Crippen LogP contribution in [-0.2, 0) is 26.3 Å². The number of hydrogen-bond acceptors (Lipinski definition) is 4. The summed E-state index contributed by atoms with van der Waals surface area (Å²) in [6, 6.07) is 26.2. The third kappa shape index (κ3) is 5.43. The number of rotatable bonds is 2. The van der Waals surface area contributed by atoms with Gasteiger partial charge in [0.2, 0.25) is 0 Å². The number of nitrogens with zero attached hydrogens (tertiary/aromatic N) is 5. The molecule has 0 aliphatic carbocycles. The van der Waals surface area contributed by atoms with Gasteiger partial charge in [-0.15, -0.1) is 35.9 Å². The van der Waals surface area contributed by atoms with Gasteiger partial charge in [0.05, 0.1) is 5.69 Å². The van der Waals surface area contributed by atoms with Crippen LogP contribution < -0.4 is 5.10 Å². The monoisotopic (exact) mass is 610 g/mol. The Morgan fingerprint density at radius 2 is 1.59 bits per heavy atom. The van der Waals surface area contributed by atoms with Crippen molar-refractivity contribution < 1.29 is 33.3 Å². The number of halogens is 3. The van der Waals surface area contributed by atoms with E-state index in [0.717, 1.165) is 11.3 Å². The van der Waals surface area contributed by atoms with Crippen LogP contribution in [0.5, 0.6) is 0 Å². The normalized spacial score (nSPS) is 10.7. The molecule has 0 amide bonds. The van der Waals surface area contributed by atoms with Gasteiger partial charge in [-0.05, 0) is 40.5 Å². The predicted octanol–water partition coefficient (Wildman–Crippen LogP) is 5.21. The molecule has 0 saturated carbocycles. The number of aromatic nitrogens is 5. The van der Waals surface area contributed by atoms with Crippen molar-refractivity contribution in [3.63, 3.8) is 0 Å². The summed E-state index contributed by atoms with van der Waals surface area (Å²) < 4.78 is 36.4. The topological polar surface area (TPSA) is 65.7 Å². The van der Waals surface area contributed by atoms with Gasteiger partial charge in [-0.1, -0.05) is 30.3 Å². The van der Waals surface area contributed by atoms with Gasteiger partial charge >= 0.3 is 6.18 Å². The maximum atomic E-state index is 12.1. The smallest absolute Gasteiger partial charge is 0.413 e. The van der Waals surface area contributed by atoms with E-state index in [1.807, 2.05) is 48.7 Å². The summed E-state index contributed by atoms with van der Waals surface area (Å²) in [5.41, 5.74) is 2.30. The van der Waals surface area contributed by atoms with Gasteiger partial charge in [0.1, 0.15) is 5.82 Å². The molecule has 0 bridgehead atoms. The summed E-state index contributed by atoms with van der Waals surface area (Å²) in [6.45, 7) is 0. The van der Waals surface area contributed by atoms with Crippen molar-refractivity contribution in [2.24, 2.45) is 0 Å². The molecule has 5 nitrogen and oxygen atoms in total. The Kier molecular flexibility index (Phi) is 7.45. The van der Waals surface area contributed by atoms with Crippen LogP contribution in [0.15, 0.2) is 85.2 Å². The van der Waals surface area contributed by atoms with E-state index >= 15 is 0 Å². The zero-order valence-corrected chi connectivity index (χ0v) is 18.7. The molecule has 2 aromatic carbocycles. The standard InChI is InChI=1S/C15H10N.C8H4F3N4.Ir/c1-2-7-13(8-3-1)15-14-9-5-4-6-12(14)10-11-16-15;9-8(10,11)7-13-6(14-15-7)5-3-1-2-4-12-5;/h1-7,9-11H;1-4H;/q2*-1;. The molecule has 3 aromatic heterocycles. The van der Waals surface area contributed by atoms with Gasteiger partial charge in [0.25, 0.3) is 0 Å². The fourth-order valence-corrected chi connectivity index (χ4v) is 2.84. The van der Waals surface area contributed by atoms with Crippen LogP contribution in [0.4, 0.5) is 13.2 Å². The summed E-state index contributed by atoms with van der Waals surface area (Å²) in [6.07, 6.45) is -1.28. The molecule has 0 unspecified atom stereocenters. The fourth-order valence-electron chi connectivity index (χ4n) is 2.84. The first-order valence-corrected chi connectivity index (χ1v) is 9.19. The Bertz CT molecular complexity index is 1270. The minimum Gasteiger partial charge on any atom is -0.413 e. The van der Waals surface area contributed by atoms with Crippen molar-refractivity contribution in [3.8, 4) is 22.8 Å². The molecule has 0 fully saturated rings. The SMILES string of the molecule is FC(F)(F)c1n[n-]c(-c2ccccn2)n1.[Ir].[c-]1ccccc1-c1nccc2ccccc12. The van der Waals surface area contributed by atoms with Gasteiger partial charge < -0.3 is 15.1 Å². The van der Waals surface area contributed by atoms with Gasteiger partial charge in [0.15, 0.2) is 0 Å². The van der Waals surface area contributed by atoms with Gasteiger partial charge in [-0.25, -0.2) is 0 Å². The molecule has 0 aliphatic rings. The quantitative estimate of drug-likeness (QED) is 0.257. The minimum absolute atomic E-state index is 0. The third-order valence-corrected chi connectivity index (χ3v) is 4.24. The molecular weight excluding hydrogens is 595 g/mol. The van der Waals surface area contributed by atoms with E-state index in [-0.39, 0.29) is 31.6 Å². The van der Waals surface area contributed by atoms with Gasteiger partial charge in [-0.3, -0.25) is 10.1 Å².